The Balaban J connectivity index is 1.50. The molecule has 168 valence electrons. The molecule has 3 aromatic rings. The molecule has 0 bridgehead atoms. The van der Waals surface area contributed by atoms with Gasteiger partial charge < -0.3 is 15.2 Å². The monoisotopic (exact) mass is 435 g/mol. The van der Waals surface area contributed by atoms with Crippen molar-refractivity contribution in [2.75, 3.05) is 19.6 Å². The number of halogens is 1. The Hall–Kier alpha value is -3.15. The fourth-order valence-electron chi connectivity index (χ4n) is 4.53. The Labute approximate surface area is 188 Å². The number of H-pyrrole nitrogens is 1. The van der Waals surface area contributed by atoms with Crippen molar-refractivity contribution in [2.45, 2.75) is 39.0 Å². The molecule has 6 heteroatoms. The second-order valence-corrected chi connectivity index (χ2v) is 8.50. The number of hydrogen-bond donors (Lipinski definition) is 2. The van der Waals surface area contributed by atoms with E-state index in [0.29, 0.717) is 32.5 Å². The van der Waals surface area contributed by atoms with Crippen LogP contribution < -0.4 is 5.32 Å². The summed E-state index contributed by atoms with van der Waals surface area (Å²) in [6.45, 7) is 3.85. The third-order valence-electron chi connectivity index (χ3n) is 6.21. The minimum Gasteiger partial charge on any atom is -0.356 e. The van der Waals surface area contributed by atoms with Crippen LogP contribution in [0.25, 0.3) is 22.2 Å². The number of amides is 2. The Morgan fingerprint density at radius 1 is 1.19 bits per heavy atom. The second kappa shape index (κ2) is 9.98. The number of rotatable bonds is 7. The lowest BCUT2D eigenvalue weighted by molar-refractivity contribution is -0.135. The smallest absolute Gasteiger partial charge is 0.224 e. The van der Waals surface area contributed by atoms with Crippen LogP contribution in [0.1, 0.15) is 38.2 Å². The van der Waals surface area contributed by atoms with Gasteiger partial charge >= 0.3 is 0 Å². The van der Waals surface area contributed by atoms with Crippen LogP contribution in [-0.4, -0.2) is 41.3 Å². The second-order valence-electron chi connectivity index (χ2n) is 8.50. The summed E-state index contributed by atoms with van der Waals surface area (Å²) in [6, 6.07) is 14.6. The number of carbonyl (C=O) groups is 2. The van der Waals surface area contributed by atoms with Crippen LogP contribution >= 0.6 is 0 Å². The molecular weight excluding hydrogens is 405 g/mol. The molecule has 1 saturated heterocycles. The van der Waals surface area contributed by atoms with E-state index in [1.54, 1.807) is 6.07 Å². The normalized spacial score (nSPS) is 16.3. The van der Waals surface area contributed by atoms with Crippen LogP contribution in [0.15, 0.2) is 48.5 Å². The third kappa shape index (κ3) is 4.85. The van der Waals surface area contributed by atoms with E-state index in [1.807, 2.05) is 42.2 Å². The van der Waals surface area contributed by atoms with Crippen molar-refractivity contribution in [1.29, 1.82) is 0 Å². The molecule has 1 atom stereocenters. The highest BCUT2D eigenvalue weighted by molar-refractivity contribution is 5.91. The van der Waals surface area contributed by atoms with Gasteiger partial charge in [-0.1, -0.05) is 37.3 Å². The van der Waals surface area contributed by atoms with E-state index in [9.17, 15) is 14.0 Å². The van der Waals surface area contributed by atoms with Gasteiger partial charge in [0, 0.05) is 42.7 Å². The zero-order valence-corrected chi connectivity index (χ0v) is 18.5. The number of nitrogens with one attached hydrogen (secondary N) is 2. The molecule has 5 nitrogen and oxygen atoms in total. The van der Waals surface area contributed by atoms with Gasteiger partial charge in [0.1, 0.15) is 5.82 Å². The van der Waals surface area contributed by atoms with Crippen molar-refractivity contribution in [3.05, 3.63) is 59.9 Å². The lowest BCUT2D eigenvalue weighted by Gasteiger charge is -2.32. The molecule has 1 aliphatic heterocycles. The highest BCUT2D eigenvalue weighted by atomic mass is 19.1. The van der Waals surface area contributed by atoms with E-state index in [2.05, 4.69) is 10.3 Å². The van der Waals surface area contributed by atoms with Crippen molar-refractivity contribution in [3.63, 3.8) is 0 Å². The quantitative estimate of drug-likeness (QED) is 0.566. The fraction of sp³-hybridized carbons (Fsp3) is 0.385. The number of aryl methyl sites for hydroxylation is 1. The molecule has 2 heterocycles. The van der Waals surface area contributed by atoms with Crippen molar-refractivity contribution in [3.8, 4) is 11.3 Å². The minimum absolute atomic E-state index is 0.0442. The van der Waals surface area contributed by atoms with Gasteiger partial charge in [0.15, 0.2) is 0 Å². The number of aromatic amines is 1. The molecule has 1 aromatic heterocycles. The summed E-state index contributed by atoms with van der Waals surface area (Å²) >= 11 is 0. The zero-order valence-electron chi connectivity index (χ0n) is 18.5. The summed E-state index contributed by atoms with van der Waals surface area (Å²) in [6.07, 6.45) is 3.39. The highest BCUT2D eigenvalue weighted by Gasteiger charge is 2.28. The number of benzene rings is 2. The van der Waals surface area contributed by atoms with Crippen LogP contribution in [0.5, 0.6) is 0 Å². The number of piperidine rings is 1. The molecule has 1 aliphatic rings. The van der Waals surface area contributed by atoms with Crippen molar-refractivity contribution in [2.24, 2.45) is 5.92 Å². The maximum absolute atomic E-state index is 14.0. The van der Waals surface area contributed by atoms with Gasteiger partial charge in [0.05, 0.1) is 5.92 Å². The number of carbonyl (C=O) groups excluding carboxylic acids is 2. The SMILES string of the molecule is CCCNC(=O)C1CCCN(C(=O)CCc2c(-c3ccccc3)[nH]c3ccc(F)cc23)C1. The van der Waals surface area contributed by atoms with Crippen LogP contribution in [-0.2, 0) is 16.0 Å². The molecule has 0 radical (unpaired) electrons. The molecule has 0 aliphatic carbocycles. The third-order valence-corrected chi connectivity index (χ3v) is 6.21. The first-order valence-corrected chi connectivity index (χ1v) is 11.5. The molecule has 2 aromatic carbocycles. The predicted octanol–water partition coefficient (Wildman–Crippen LogP) is 4.67. The van der Waals surface area contributed by atoms with Gasteiger partial charge in [-0.3, -0.25) is 9.59 Å². The number of nitrogens with zero attached hydrogens (tertiary/aromatic N) is 1. The first-order chi connectivity index (χ1) is 15.6. The van der Waals surface area contributed by atoms with E-state index in [-0.39, 0.29) is 23.5 Å². The first kappa shape index (κ1) is 22.1. The van der Waals surface area contributed by atoms with Gasteiger partial charge in [-0.25, -0.2) is 4.39 Å². The zero-order chi connectivity index (χ0) is 22.5. The maximum atomic E-state index is 14.0. The first-order valence-electron chi connectivity index (χ1n) is 11.5. The topological polar surface area (TPSA) is 65.2 Å². The van der Waals surface area contributed by atoms with Crippen molar-refractivity contribution >= 4 is 22.7 Å². The van der Waals surface area contributed by atoms with E-state index >= 15 is 0 Å². The van der Waals surface area contributed by atoms with Crippen LogP contribution in [0.4, 0.5) is 4.39 Å². The average molecular weight is 436 g/mol. The Kier molecular flexibility index (Phi) is 6.88. The Morgan fingerprint density at radius 2 is 2.00 bits per heavy atom. The number of hydrogen-bond acceptors (Lipinski definition) is 2. The number of likely N-dealkylation sites (tertiary alicyclic amines) is 1. The summed E-state index contributed by atoms with van der Waals surface area (Å²) < 4.78 is 14.0. The number of fused-ring (bicyclic) bond motifs is 1. The molecular formula is C26H30FN3O2. The lowest BCUT2D eigenvalue weighted by Crippen LogP contribution is -2.45. The van der Waals surface area contributed by atoms with Gasteiger partial charge in [-0.2, -0.15) is 0 Å². The largest absolute Gasteiger partial charge is 0.356 e. The fourth-order valence-corrected chi connectivity index (χ4v) is 4.53. The summed E-state index contributed by atoms with van der Waals surface area (Å²) in [5.74, 6) is -0.340. The molecule has 1 unspecified atom stereocenters. The summed E-state index contributed by atoms with van der Waals surface area (Å²) in [5.41, 5.74) is 3.75. The maximum Gasteiger partial charge on any atom is 0.224 e. The van der Waals surface area contributed by atoms with E-state index < -0.39 is 0 Å². The van der Waals surface area contributed by atoms with Gasteiger partial charge in [0.25, 0.3) is 0 Å². The molecule has 32 heavy (non-hydrogen) atoms. The van der Waals surface area contributed by atoms with Gasteiger partial charge in [-0.05, 0) is 55.0 Å². The summed E-state index contributed by atoms with van der Waals surface area (Å²) in [4.78, 5) is 30.6. The van der Waals surface area contributed by atoms with Crippen LogP contribution in [0, 0.1) is 11.7 Å². The Morgan fingerprint density at radius 3 is 2.78 bits per heavy atom. The van der Waals surface area contributed by atoms with Crippen LogP contribution in [0.3, 0.4) is 0 Å². The van der Waals surface area contributed by atoms with Gasteiger partial charge in [-0.15, -0.1) is 0 Å². The standard InChI is InChI=1S/C26H30FN3O2/c1-2-14-28-26(32)19-9-6-15-30(17-19)24(31)13-11-21-22-16-20(27)10-12-23(22)29-25(21)18-7-4-3-5-8-18/h3-5,7-8,10,12,16,19,29H,2,6,9,11,13-15,17H2,1H3,(H,28,32). The summed E-state index contributed by atoms with van der Waals surface area (Å²) in [7, 11) is 0. The minimum atomic E-state index is -0.291. The number of aromatic nitrogens is 1. The molecule has 2 N–H and O–H groups in total. The van der Waals surface area contributed by atoms with Crippen LogP contribution in [0.2, 0.25) is 0 Å². The highest BCUT2D eigenvalue weighted by Crippen LogP contribution is 2.32. The molecule has 2 amide bonds. The average Bonchev–Trinajstić information content (AvgIpc) is 3.19. The molecule has 0 spiro atoms. The van der Waals surface area contributed by atoms with Crippen molar-refractivity contribution in [1.82, 2.24) is 15.2 Å². The molecule has 4 rings (SSSR count). The van der Waals surface area contributed by atoms with Crippen molar-refractivity contribution < 1.29 is 14.0 Å². The Bertz CT molecular complexity index is 1090. The lowest BCUT2D eigenvalue weighted by atomic mass is 9.96. The van der Waals surface area contributed by atoms with E-state index in [1.165, 1.54) is 12.1 Å². The van der Waals surface area contributed by atoms with E-state index in [0.717, 1.165) is 47.0 Å². The summed E-state index contributed by atoms with van der Waals surface area (Å²) in [5, 5.41) is 3.76. The van der Waals surface area contributed by atoms with E-state index in [4.69, 9.17) is 0 Å². The molecule has 0 saturated carbocycles. The predicted molar refractivity (Wildman–Crippen MR) is 125 cm³/mol. The van der Waals surface area contributed by atoms with Gasteiger partial charge in [0.2, 0.25) is 11.8 Å². The molecule has 1 fully saturated rings.